The maximum atomic E-state index is 6.06. The molecule has 0 aliphatic rings. The third-order valence-electron chi connectivity index (χ3n) is 3.52. The van der Waals surface area contributed by atoms with E-state index in [9.17, 15) is 0 Å². The molecule has 25 heavy (non-hydrogen) atoms. The molecule has 0 bridgehead atoms. The fraction of sp³-hybridized carbons (Fsp3) is 0.0556. The molecule has 0 spiro atoms. The number of benzene rings is 2. The standard InChI is InChI=1S/C18H13ClN4OS/c19-14-7-4-8-16(9-14)23-12-20-22-18(23)25-11-15-10-24-17(21-15)13-5-2-1-3-6-13/h1-10,12H,11H2. The van der Waals surface area contributed by atoms with Crippen molar-refractivity contribution in [2.75, 3.05) is 0 Å². The smallest absolute Gasteiger partial charge is 0.226 e. The van der Waals surface area contributed by atoms with Gasteiger partial charge in [0.15, 0.2) is 5.16 Å². The summed E-state index contributed by atoms with van der Waals surface area (Å²) in [6.07, 6.45) is 3.35. The second kappa shape index (κ2) is 7.13. The first kappa shape index (κ1) is 15.9. The topological polar surface area (TPSA) is 56.7 Å². The van der Waals surface area contributed by atoms with Gasteiger partial charge in [0.1, 0.15) is 12.6 Å². The van der Waals surface area contributed by atoms with E-state index >= 15 is 0 Å². The van der Waals surface area contributed by atoms with E-state index in [0.717, 1.165) is 22.1 Å². The first-order valence-electron chi connectivity index (χ1n) is 7.58. The van der Waals surface area contributed by atoms with E-state index < -0.39 is 0 Å². The van der Waals surface area contributed by atoms with Crippen molar-refractivity contribution in [1.82, 2.24) is 19.7 Å². The minimum Gasteiger partial charge on any atom is -0.444 e. The van der Waals surface area contributed by atoms with Crippen LogP contribution in [0.25, 0.3) is 17.1 Å². The van der Waals surface area contributed by atoms with Crippen LogP contribution in [0, 0.1) is 0 Å². The number of rotatable bonds is 5. The maximum Gasteiger partial charge on any atom is 0.226 e. The van der Waals surface area contributed by atoms with Crippen LogP contribution >= 0.6 is 23.4 Å². The van der Waals surface area contributed by atoms with Crippen molar-refractivity contribution >= 4 is 23.4 Å². The van der Waals surface area contributed by atoms with Crippen LogP contribution in [-0.4, -0.2) is 19.7 Å². The fourth-order valence-electron chi connectivity index (χ4n) is 2.35. The quantitative estimate of drug-likeness (QED) is 0.470. The lowest BCUT2D eigenvalue weighted by Crippen LogP contribution is -1.95. The predicted molar refractivity (Wildman–Crippen MR) is 97.9 cm³/mol. The van der Waals surface area contributed by atoms with Crippen molar-refractivity contribution in [3.05, 3.63) is 77.9 Å². The summed E-state index contributed by atoms with van der Waals surface area (Å²) >= 11 is 7.60. The third kappa shape index (κ3) is 3.60. The third-order valence-corrected chi connectivity index (χ3v) is 4.74. The molecular weight excluding hydrogens is 356 g/mol. The summed E-state index contributed by atoms with van der Waals surface area (Å²) in [6, 6.07) is 17.4. The molecule has 4 aromatic rings. The van der Waals surface area contributed by atoms with Gasteiger partial charge in [0, 0.05) is 16.3 Å². The zero-order valence-electron chi connectivity index (χ0n) is 13.0. The molecule has 0 N–H and O–H groups in total. The lowest BCUT2D eigenvalue weighted by Gasteiger charge is -2.05. The molecule has 2 aromatic carbocycles. The second-order valence-corrected chi connectivity index (χ2v) is 6.64. The van der Waals surface area contributed by atoms with Gasteiger partial charge >= 0.3 is 0 Å². The van der Waals surface area contributed by atoms with Gasteiger partial charge in [-0.05, 0) is 30.3 Å². The van der Waals surface area contributed by atoms with E-state index in [2.05, 4.69) is 15.2 Å². The highest BCUT2D eigenvalue weighted by molar-refractivity contribution is 7.98. The molecule has 2 aromatic heterocycles. The number of oxazole rings is 1. The zero-order chi connectivity index (χ0) is 17.1. The van der Waals surface area contributed by atoms with Crippen molar-refractivity contribution < 1.29 is 4.42 Å². The van der Waals surface area contributed by atoms with Crippen LogP contribution in [0.15, 0.2) is 76.8 Å². The number of hydrogen-bond acceptors (Lipinski definition) is 5. The molecule has 0 radical (unpaired) electrons. The lowest BCUT2D eigenvalue weighted by molar-refractivity contribution is 0.573. The van der Waals surface area contributed by atoms with Crippen LogP contribution in [0.1, 0.15) is 5.69 Å². The Balaban J connectivity index is 1.50. The van der Waals surface area contributed by atoms with Gasteiger partial charge in [-0.2, -0.15) is 0 Å². The summed E-state index contributed by atoms with van der Waals surface area (Å²) in [7, 11) is 0. The van der Waals surface area contributed by atoms with Crippen LogP contribution in [-0.2, 0) is 5.75 Å². The Morgan fingerprint density at radius 3 is 2.80 bits per heavy atom. The molecule has 0 fully saturated rings. The van der Waals surface area contributed by atoms with Gasteiger partial charge in [-0.3, -0.25) is 4.57 Å². The molecule has 7 heteroatoms. The summed E-state index contributed by atoms with van der Waals surface area (Å²) < 4.78 is 7.46. The number of nitrogens with zero attached hydrogens (tertiary/aromatic N) is 4. The molecule has 0 atom stereocenters. The molecule has 0 aliphatic carbocycles. The average Bonchev–Trinajstić information content (AvgIpc) is 3.30. The summed E-state index contributed by atoms with van der Waals surface area (Å²) in [4.78, 5) is 4.53. The van der Waals surface area contributed by atoms with Gasteiger partial charge in [0.05, 0.1) is 11.4 Å². The van der Waals surface area contributed by atoms with Gasteiger partial charge in [-0.15, -0.1) is 10.2 Å². The molecule has 124 valence electrons. The molecule has 5 nitrogen and oxygen atoms in total. The van der Waals surface area contributed by atoms with E-state index in [0.29, 0.717) is 16.7 Å². The van der Waals surface area contributed by atoms with E-state index in [1.54, 1.807) is 12.6 Å². The molecule has 0 amide bonds. The molecule has 0 aliphatic heterocycles. The van der Waals surface area contributed by atoms with Crippen molar-refractivity contribution in [3.63, 3.8) is 0 Å². The van der Waals surface area contributed by atoms with Crippen molar-refractivity contribution in [2.45, 2.75) is 10.9 Å². The van der Waals surface area contributed by atoms with E-state index in [-0.39, 0.29) is 0 Å². The van der Waals surface area contributed by atoms with Gasteiger partial charge in [-0.25, -0.2) is 4.98 Å². The minimum absolute atomic E-state index is 0.618. The van der Waals surface area contributed by atoms with Crippen molar-refractivity contribution in [2.24, 2.45) is 0 Å². The van der Waals surface area contributed by atoms with Crippen molar-refractivity contribution in [1.29, 1.82) is 0 Å². The maximum absolute atomic E-state index is 6.06. The second-order valence-electron chi connectivity index (χ2n) is 5.26. The average molecular weight is 369 g/mol. The normalized spacial score (nSPS) is 10.9. The Hall–Kier alpha value is -2.57. The molecule has 2 heterocycles. The van der Waals surface area contributed by atoms with Gasteiger partial charge in [-0.1, -0.05) is 47.6 Å². The molecule has 4 rings (SSSR count). The Morgan fingerprint density at radius 1 is 1.08 bits per heavy atom. The largest absolute Gasteiger partial charge is 0.444 e. The van der Waals surface area contributed by atoms with E-state index in [1.807, 2.05) is 59.2 Å². The van der Waals surface area contributed by atoms with Gasteiger partial charge < -0.3 is 4.42 Å². The molecular formula is C18H13ClN4OS. The van der Waals surface area contributed by atoms with Crippen LogP contribution in [0.5, 0.6) is 0 Å². The predicted octanol–water partition coefficient (Wildman–Crippen LogP) is 4.87. The Bertz CT molecular complexity index is 983. The van der Waals surface area contributed by atoms with Crippen LogP contribution in [0.4, 0.5) is 0 Å². The van der Waals surface area contributed by atoms with Crippen LogP contribution < -0.4 is 0 Å². The van der Waals surface area contributed by atoms with Gasteiger partial charge in [0.25, 0.3) is 0 Å². The minimum atomic E-state index is 0.618. The van der Waals surface area contributed by atoms with Crippen LogP contribution in [0.3, 0.4) is 0 Å². The highest BCUT2D eigenvalue weighted by atomic mass is 35.5. The highest BCUT2D eigenvalue weighted by Crippen LogP contribution is 2.26. The SMILES string of the molecule is Clc1cccc(-n2cnnc2SCc2coc(-c3ccccc3)n2)c1. The highest BCUT2D eigenvalue weighted by Gasteiger charge is 2.11. The van der Waals surface area contributed by atoms with Crippen LogP contribution in [0.2, 0.25) is 5.02 Å². The monoisotopic (exact) mass is 368 g/mol. The van der Waals surface area contributed by atoms with E-state index in [4.69, 9.17) is 16.0 Å². The Kier molecular flexibility index (Phi) is 4.54. The van der Waals surface area contributed by atoms with Crippen molar-refractivity contribution in [3.8, 4) is 17.1 Å². The first-order valence-corrected chi connectivity index (χ1v) is 8.94. The number of aromatic nitrogens is 4. The number of halogens is 1. The number of hydrogen-bond donors (Lipinski definition) is 0. The summed E-state index contributed by atoms with van der Waals surface area (Å²) in [6.45, 7) is 0. The number of thioether (sulfide) groups is 1. The van der Waals surface area contributed by atoms with Gasteiger partial charge in [0.2, 0.25) is 5.89 Å². The Morgan fingerprint density at radius 2 is 1.96 bits per heavy atom. The summed E-state index contributed by atoms with van der Waals surface area (Å²) in [5.74, 6) is 1.25. The lowest BCUT2D eigenvalue weighted by atomic mass is 10.2. The van der Waals surface area contributed by atoms with E-state index in [1.165, 1.54) is 11.8 Å². The first-order chi connectivity index (χ1) is 12.3. The molecule has 0 unspecified atom stereocenters. The summed E-state index contributed by atoms with van der Waals surface area (Å²) in [5.41, 5.74) is 2.73. The Labute approximate surface area is 153 Å². The molecule has 0 saturated carbocycles. The molecule has 0 saturated heterocycles. The summed E-state index contributed by atoms with van der Waals surface area (Å²) in [5, 5.41) is 9.62. The zero-order valence-corrected chi connectivity index (χ0v) is 14.6. The fourth-order valence-corrected chi connectivity index (χ4v) is 3.34.